The molecule has 0 aliphatic carbocycles. The van der Waals surface area contributed by atoms with Crippen LogP contribution in [0.15, 0.2) is 54.6 Å². The average Bonchev–Trinajstić information content (AvgIpc) is 2.84. The van der Waals surface area contributed by atoms with Gasteiger partial charge < -0.3 is 15.0 Å². The van der Waals surface area contributed by atoms with Crippen LogP contribution in [-0.4, -0.2) is 57.1 Å². The molecule has 0 aliphatic heterocycles. The Balaban J connectivity index is 2.12. The van der Waals surface area contributed by atoms with E-state index >= 15 is 0 Å². The molecular weight excluding hydrogens is 478 g/mol. The highest BCUT2D eigenvalue weighted by atomic mass is 32.2. The van der Waals surface area contributed by atoms with Gasteiger partial charge in [0.25, 0.3) is 0 Å². The number of benzene rings is 2. The minimum atomic E-state index is -3.55. The molecule has 0 radical (unpaired) electrons. The van der Waals surface area contributed by atoms with E-state index in [2.05, 4.69) is 5.32 Å². The summed E-state index contributed by atoms with van der Waals surface area (Å²) in [5.41, 5.74) is 1.43. The van der Waals surface area contributed by atoms with Gasteiger partial charge in [-0.3, -0.25) is 13.9 Å². The molecule has 2 amide bonds. The zero-order valence-electron chi connectivity index (χ0n) is 21.9. The number of anilines is 1. The lowest BCUT2D eigenvalue weighted by Gasteiger charge is -2.29. The maximum Gasteiger partial charge on any atom is 0.242 e. The van der Waals surface area contributed by atoms with Crippen LogP contribution in [0.2, 0.25) is 0 Å². The Hall–Kier alpha value is -3.07. The second-order valence-electron chi connectivity index (χ2n) is 9.19. The molecule has 8 nitrogen and oxygen atoms in total. The van der Waals surface area contributed by atoms with E-state index in [0.29, 0.717) is 43.5 Å². The van der Waals surface area contributed by atoms with E-state index in [4.69, 9.17) is 4.74 Å². The number of nitrogens with zero attached hydrogens (tertiary/aromatic N) is 2. The van der Waals surface area contributed by atoms with Gasteiger partial charge >= 0.3 is 0 Å². The number of sulfonamides is 1. The van der Waals surface area contributed by atoms with E-state index in [-0.39, 0.29) is 24.8 Å². The van der Waals surface area contributed by atoms with Crippen LogP contribution in [0.4, 0.5) is 5.69 Å². The van der Waals surface area contributed by atoms with Crippen LogP contribution in [0.3, 0.4) is 0 Å². The minimum absolute atomic E-state index is 0.109. The maximum atomic E-state index is 13.3. The lowest BCUT2D eigenvalue weighted by molar-refractivity contribution is -0.140. The first kappa shape index (κ1) is 29.2. The number of rotatable bonds is 14. The Morgan fingerprint density at radius 2 is 1.64 bits per heavy atom. The molecule has 0 fully saturated rings. The third kappa shape index (κ3) is 9.18. The number of hydrogen-bond acceptors (Lipinski definition) is 5. The smallest absolute Gasteiger partial charge is 0.242 e. The fraction of sp³-hybridized carbons (Fsp3) is 0.481. The molecule has 1 atom stereocenters. The summed E-state index contributed by atoms with van der Waals surface area (Å²) in [5, 5.41) is 2.90. The predicted molar refractivity (Wildman–Crippen MR) is 143 cm³/mol. The van der Waals surface area contributed by atoms with Gasteiger partial charge in [-0.25, -0.2) is 8.42 Å². The first-order valence-corrected chi connectivity index (χ1v) is 14.2. The normalized spacial score (nSPS) is 12.2. The lowest BCUT2D eigenvalue weighted by atomic mass is 10.1. The van der Waals surface area contributed by atoms with Crippen LogP contribution in [-0.2, 0) is 26.2 Å². The summed E-state index contributed by atoms with van der Waals surface area (Å²) in [4.78, 5) is 27.6. The predicted octanol–water partition coefficient (Wildman–Crippen LogP) is 3.82. The summed E-state index contributed by atoms with van der Waals surface area (Å²) < 4.78 is 31.7. The number of hydrogen-bond donors (Lipinski definition) is 1. The Kier molecular flexibility index (Phi) is 11.2. The van der Waals surface area contributed by atoms with E-state index in [0.717, 1.165) is 11.8 Å². The van der Waals surface area contributed by atoms with Crippen molar-refractivity contribution in [1.82, 2.24) is 10.2 Å². The molecule has 0 saturated heterocycles. The van der Waals surface area contributed by atoms with Crippen LogP contribution in [0, 0.1) is 5.92 Å². The standard InChI is InChI=1S/C27H39N3O5S/c1-6-35-25-16-14-24(15-17-25)30(36(5,33)34)18-10-13-26(31)29(20-23-11-8-7-9-12-23)22(4)27(32)28-19-21(2)3/h7-9,11-12,14-17,21-22H,6,10,13,18-20H2,1-5H3,(H,28,32)/t22-/m0/s1. The van der Waals surface area contributed by atoms with Crippen molar-refractivity contribution in [3.63, 3.8) is 0 Å². The molecule has 2 aromatic carbocycles. The van der Waals surface area contributed by atoms with Crippen molar-refractivity contribution in [1.29, 1.82) is 0 Å². The van der Waals surface area contributed by atoms with Gasteiger partial charge in [0.1, 0.15) is 11.8 Å². The number of carbonyl (C=O) groups excluding carboxylic acids is 2. The molecule has 9 heteroatoms. The zero-order chi connectivity index (χ0) is 26.7. The summed E-state index contributed by atoms with van der Waals surface area (Å²) in [6.07, 6.45) is 1.57. The van der Waals surface area contributed by atoms with Gasteiger partial charge in [0, 0.05) is 26.1 Å². The Bertz CT molecular complexity index is 1070. The van der Waals surface area contributed by atoms with Gasteiger partial charge in [-0.05, 0) is 56.0 Å². The third-order valence-electron chi connectivity index (χ3n) is 5.64. The first-order chi connectivity index (χ1) is 17.0. The van der Waals surface area contributed by atoms with Crippen LogP contribution >= 0.6 is 0 Å². The lowest BCUT2D eigenvalue weighted by Crippen LogP contribution is -2.48. The van der Waals surface area contributed by atoms with Gasteiger partial charge in [-0.2, -0.15) is 0 Å². The number of ether oxygens (including phenoxy) is 1. The summed E-state index contributed by atoms with van der Waals surface area (Å²) in [6, 6.07) is 15.7. The molecule has 0 spiro atoms. The largest absolute Gasteiger partial charge is 0.494 e. The van der Waals surface area contributed by atoms with Crippen molar-refractivity contribution in [2.45, 2.75) is 53.1 Å². The fourth-order valence-corrected chi connectivity index (χ4v) is 4.66. The molecule has 2 rings (SSSR count). The number of carbonyl (C=O) groups is 2. The van der Waals surface area contributed by atoms with E-state index in [1.807, 2.05) is 51.1 Å². The molecular formula is C27H39N3O5S. The molecule has 198 valence electrons. The monoisotopic (exact) mass is 517 g/mol. The molecule has 0 unspecified atom stereocenters. The maximum absolute atomic E-state index is 13.3. The summed E-state index contributed by atoms with van der Waals surface area (Å²) in [6.45, 7) is 9.11. The van der Waals surface area contributed by atoms with Crippen molar-refractivity contribution in [3.05, 3.63) is 60.2 Å². The van der Waals surface area contributed by atoms with Crippen molar-refractivity contribution in [3.8, 4) is 5.75 Å². The molecule has 2 aromatic rings. The second kappa shape index (κ2) is 13.9. The molecule has 0 bridgehead atoms. The highest BCUT2D eigenvalue weighted by Crippen LogP contribution is 2.22. The van der Waals surface area contributed by atoms with Crippen LogP contribution < -0.4 is 14.4 Å². The van der Waals surface area contributed by atoms with Gasteiger partial charge in [0.05, 0.1) is 18.6 Å². The molecule has 0 saturated carbocycles. The zero-order valence-corrected chi connectivity index (χ0v) is 22.8. The number of nitrogens with one attached hydrogen (secondary N) is 1. The SMILES string of the molecule is CCOc1ccc(N(CCCC(=O)N(Cc2ccccc2)[C@@H](C)C(=O)NCC(C)C)S(C)(=O)=O)cc1. The van der Waals surface area contributed by atoms with Crippen LogP contribution in [0.1, 0.15) is 46.1 Å². The Morgan fingerprint density at radius 3 is 2.19 bits per heavy atom. The Labute approximate surface area is 215 Å². The van der Waals surface area contributed by atoms with E-state index in [1.165, 1.54) is 4.31 Å². The highest BCUT2D eigenvalue weighted by molar-refractivity contribution is 7.92. The molecule has 36 heavy (non-hydrogen) atoms. The van der Waals surface area contributed by atoms with Gasteiger partial charge in [-0.1, -0.05) is 44.2 Å². The quantitative estimate of drug-likeness (QED) is 0.411. The molecule has 0 heterocycles. The van der Waals surface area contributed by atoms with Gasteiger partial charge in [-0.15, -0.1) is 0 Å². The van der Waals surface area contributed by atoms with Crippen molar-refractivity contribution in [2.75, 3.05) is 30.3 Å². The van der Waals surface area contributed by atoms with Crippen molar-refractivity contribution >= 4 is 27.5 Å². The fourth-order valence-electron chi connectivity index (χ4n) is 3.69. The second-order valence-corrected chi connectivity index (χ2v) is 11.1. The number of amides is 2. The van der Waals surface area contributed by atoms with Crippen LogP contribution in [0.5, 0.6) is 5.75 Å². The van der Waals surface area contributed by atoms with E-state index < -0.39 is 16.1 Å². The molecule has 0 aromatic heterocycles. The van der Waals surface area contributed by atoms with E-state index in [1.54, 1.807) is 36.1 Å². The highest BCUT2D eigenvalue weighted by Gasteiger charge is 2.26. The summed E-state index contributed by atoms with van der Waals surface area (Å²) in [7, 11) is -3.55. The van der Waals surface area contributed by atoms with Crippen LogP contribution in [0.25, 0.3) is 0 Å². The summed E-state index contributed by atoms with van der Waals surface area (Å²) >= 11 is 0. The average molecular weight is 518 g/mol. The molecule has 1 N–H and O–H groups in total. The van der Waals surface area contributed by atoms with Gasteiger partial charge in [0.2, 0.25) is 21.8 Å². The first-order valence-electron chi connectivity index (χ1n) is 12.3. The topological polar surface area (TPSA) is 96.0 Å². The van der Waals surface area contributed by atoms with Gasteiger partial charge in [0.15, 0.2) is 0 Å². The minimum Gasteiger partial charge on any atom is -0.494 e. The van der Waals surface area contributed by atoms with Crippen molar-refractivity contribution < 1.29 is 22.7 Å². The Morgan fingerprint density at radius 1 is 1.00 bits per heavy atom. The summed E-state index contributed by atoms with van der Waals surface area (Å²) in [5.74, 6) is 0.543. The van der Waals surface area contributed by atoms with E-state index in [9.17, 15) is 18.0 Å². The molecule has 0 aliphatic rings. The third-order valence-corrected chi connectivity index (χ3v) is 6.83. The van der Waals surface area contributed by atoms with Crippen molar-refractivity contribution in [2.24, 2.45) is 5.92 Å².